The number of benzene rings is 1. The van der Waals surface area contributed by atoms with Crippen molar-refractivity contribution in [1.82, 2.24) is 14.7 Å². The zero-order valence-electron chi connectivity index (χ0n) is 16.4. The minimum atomic E-state index is 0.192. The third-order valence-electron chi connectivity index (χ3n) is 5.44. The van der Waals surface area contributed by atoms with Gasteiger partial charge in [-0.1, -0.05) is 29.8 Å². The maximum Gasteiger partial charge on any atom is 0.223 e. The number of amides is 2. The van der Waals surface area contributed by atoms with E-state index in [1.165, 1.54) is 11.1 Å². The van der Waals surface area contributed by atoms with E-state index in [0.29, 0.717) is 39.0 Å². The molecule has 2 aliphatic rings. The molecule has 1 aromatic rings. The molecule has 1 aromatic carbocycles. The van der Waals surface area contributed by atoms with Gasteiger partial charge in [-0.05, 0) is 18.9 Å². The van der Waals surface area contributed by atoms with Gasteiger partial charge in [-0.2, -0.15) is 0 Å². The van der Waals surface area contributed by atoms with Gasteiger partial charge in [-0.25, -0.2) is 0 Å². The van der Waals surface area contributed by atoms with Crippen molar-refractivity contribution >= 4 is 11.8 Å². The molecule has 0 bridgehead atoms. The summed E-state index contributed by atoms with van der Waals surface area (Å²) in [6.45, 7) is 8.82. The van der Waals surface area contributed by atoms with Gasteiger partial charge in [0, 0.05) is 58.7 Å². The van der Waals surface area contributed by atoms with Crippen molar-refractivity contribution in [3.8, 4) is 0 Å². The lowest BCUT2D eigenvalue weighted by Crippen LogP contribution is -2.51. The van der Waals surface area contributed by atoms with Gasteiger partial charge in [-0.15, -0.1) is 0 Å². The third kappa shape index (κ3) is 6.04. The van der Waals surface area contributed by atoms with Gasteiger partial charge in [0.25, 0.3) is 0 Å². The van der Waals surface area contributed by atoms with Gasteiger partial charge in [-0.3, -0.25) is 14.5 Å². The molecule has 2 aliphatic heterocycles. The molecule has 0 aliphatic carbocycles. The molecule has 0 spiro atoms. The lowest BCUT2D eigenvalue weighted by atomic mass is 10.1. The molecular weight excluding hydrogens is 342 g/mol. The highest BCUT2D eigenvalue weighted by Crippen LogP contribution is 2.11. The minimum absolute atomic E-state index is 0.192. The molecule has 6 nitrogen and oxygen atoms in total. The number of ether oxygens (including phenoxy) is 1. The number of nitrogens with zero attached hydrogens (tertiary/aromatic N) is 3. The van der Waals surface area contributed by atoms with E-state index >= 15 is 0 Å². The number of rotatable bonds is 6. The van der Waals surface area contributed by atoms with Crippen LogP contribution in [0.25, 0.3) is 0 Å². The Bertz CT molecular complexity index is 635. The summed E-state index contributed by atoms with van der Waals surface area (Å²) >= 11 is 0. The summed E-state index contributed by atoms with van der Waals surface area (Å²) in [5.74, 6) is 0.394. The molecule has 148 valence electrons. The van der Waals surface area contributed by atoms with Gasteiger partial charge in [0.05, 0.1) is 13.2 Å². The summed E-state index contributed by atoms with van der Waals surface area (Å²) in [5.41, 5.74) is 2.43. The minimum Gasteiger partial charge on any atom is -0.379 e. The maximum atomic E-state index is 12.5. The Morgan fingerprint density at radius 1 is 0.926 bits per heavy atom. The highest BCUT2D eigenvalue weighted by Gasteiger charge is 2.24. The molecule has 2 heterocycles. The van der Waals surface area contributed by atoms with Crippen molar-refractivity contribution in [1.29, 1.82) is 0 Å². The molecule has 2 amide bonds. The van der Waals surface area contributed by atoms with Crippen LogP contribution in [0.2, 0.25) is 0 Å². The Kier molecular flexibility index (Phi) is 7.24. The summed E-state index contributed by atoms with van der Waals surface area (Å²) in [4.78, 5) is 31.0. The number of carbonyl (C=O) groups is 2. The van der Waals surface area contributed by atoms with Crippen LogP contribution in [-0.2, 0) is 20.7 Å². The number of carbonyl (C=O) groups excluding carboxylic acids is 2. The summed E-state index contributed by atoms with van der Waals surface area (Å²) in [7, 11) is 0. The molecule has 2 fully saturated rings. The highest BCUT2D eigenvalue weighted by atomic mass is 16.5. The monoisotopic (exact) mass is 373 g/mol. The van der Waals surface area contributed by atoms with Gasteiger partial charge in [0.15, 0.2) is 0 Å². The quantitative estimate of drug-likeness (QED) is 0.755. The topological polar surface area (TPSA) is 53.1 Å². The molecule has 6 heteroatoms. The molecular formula is C21H31N3O3. The van der Waals surface area contributed by atoms with Crippen molar-refractivity contribution in [2.45, 2.75) is 26.2 Å². The predicted octanol–water partition coefficient (Wildman–Crippen LogP) is 1.32. The van der Waals surface area contributed by atoms with E-state index in [1.807, 2.05) is 15.9 Å². The van der Waals surface area contributed by atoms with Crippen LogP contribution >= 0.6 is 0 Å². The number of aryl methyl sites for hydroxylation is 2. The van der Waals surface area contributed by atoms with Gasteiger partial charge < -0.3 is 14.5 Å². The first kappa shape index (κ1) is 19.8. The molecule has 0 atom stereocenters. The number of hydrogen-bond acceptors (Lipinski definition) is 4. The second-order valence-corrected chi connectivity index (χ2v) is 7.45. The van der Waals surface area contributed by atoms with Crippen molar-refractivity contribution < 1.29 is 14.3 Å². The number of hydrogen-bond donors (Lipinski definition) is 0. The van der Waals surface area contributed by atoms with Crippen molar-refractivity contribution in [2.75, 3.05) is 59.0 Å². The molecule has 0 aromatic heterocycles. The van der Waals surface area contributed by atoms with E-state index in [-0.39, 0.29) is 11.8 Å². The zero-order chi connectivity index (χ0) is 19.1. The number of morpholine rings is 1. The van der Waals surface area contributed by atoms with Gasteiger partial charge >= 0.3 is 0 Å². The molecule has 0 saturated carbocycles. The highest BCUT2D eigenvalue weighted by molar-refractivity contribution is 5.78. The fourth-order valence-corrected chi connectivity index (χ4v) is 3.72. The summed E-state index contributed by atoms with van der Waals surface area (Å²) in [5, 5.41) is 0. The fraction of sp³-hybridized carbons (Fsp3) is 0.619. The zero-order valence-corrected chi connectivity index (χ0v) is 16.4. The molecule has 0 unspecified atom stereocenters. The average Bonchev–Trinajstić information content (AvgIpc) is 2.71. The summed E-state index contributed by atoms with van der Waals surface area (Å²) in [6.07, 6.45) is 1.87. The molecule has 27 heavy (non-hydrogen) atoms. The van der Waals surface area contributed by atoms with E-state index in [9.17, 15) is 9.59 Å². The Hall–Kier alpha value is -1.92. The van der Waals surface area contributed by atoms with Crippen LogP contribution in [-0.4, -0.2) is 85.5 Å². The lowest BCUT2D eigenvalue weighted by molar-refractivity contribution is -0.139. The van der Waals surface area contributed by atoms with Gasteiger partial charge in [0.2, 0.25) is 11.8 Å². The average molecular weight is 373 g/mol. The normalized spacial score (nSPS) is 18.6. The van der Waals surface area contributed by atoms with Crippen LogP contribution in [0.1, 0.15) is 24.0 Å². The second kappa shape index (κ2) is 9.85. The summed E-state index contributed by atoms with van der Waals surface area (Å²) < 4.78 is 5.34. The van der Waals surface area contributed by atoms with Crippen LogP contribution in [0.15, 0.2) is 24.3 Å². The Balaban J connectivity index is 1.36. The van der Waals surface area contributed by atoms with Crippen molar-refractivity contribution in [2.24, 2.45) is 0 Å². The van der Waals surface area contributed by atoms with E-state index in [2.05, 4.69) is 30.0 Å². The van der Waals surface area contributed by atoms with Crippen LogP contribution in [0.5, 0.6) is 0 Å². The molecule has 3 rings (SSSR count). The molecule has 0 radical (unpaired) electrons. The Morgan fingerprint density at radius 2 is 1.56 bits per heavy atom. The fourth-order valence-electron chi connectivity index (χ4n) is 3.72. The predicted molar refractivity (Wildman–Crippen MR) is 105 cm³/mol. The first-order valence-corrected chi connectivity index (χ1v) is 10.0. The van der Waals surface area contributed by atoms with Crippen LogP contribution in [0.3, 0.4) is 0 Å². The Labute approximate surface area is 162 Å². The van der Waals surface area contributed by atoms with Crippen LogP contribution < -0.4 is 0 Å². The van der Waals surface area contributed by atoms with Crippen molar-refractivity contribution in [3.05, 3.63) is 35.4 Å². The lowest BCUT2D eigenvalue weighted by Gasteiger charge is -2.35. The number of piperazine rings is 1. The van der Waals surface area contributed by atoms with Crippen LogP contribution in [0.4, 0.5) is 0 Å². The maximum absolute atomic E-state index is 12.5. The second-order valence-electron chi connectivity index (χ2n) is 7.45. The third-order valence-corrected chi connectivity index (χ3v) is 5.44. The van der Waals surface area contributed by atoms with Crippen LogP contribution in [0, 0.1) is 6.92 Å². The largest absolute Gasteiger partial charge is 0.379 e. The first-order chi connectivity index (χ1) is 13.1. The van der Waals surface area contributed by atoms with Gasteiger partial charge in [0.1, 0.15) is 0 Å². The molecule has 0 N–H and O–H groups in total. The summed E-state index contributed by atoms with van der Waals surface area (Å²) in [6, 6.07) is 8.32. The first-order valence-electron chi connectivity index (χ1n) is 10.0. The Morgan fingerprint density at radius 3 is 2.19 bits per heavy atom. The van der Waals surface area contributed by atoms with E-state index < -0.39 is 0 Å². The SMILES string of the molecule is Cc1cccc(CCC(=O)N2CCN(C(=O)CCN3CCOCC3)CC2)c1. The molecule has 2 saturated heterocycles. The van der Waals surface area contributed by atoms with E-state index in [1.54, 1.807) is 0 Å². The standard InChI is InChI=1S/C21H31N3O3/c1-18-3-2-4-19(17-18)5-6-20(25)23-9-11-24(12-10-23)21(26)7-8-22-13-15-27-16-14-22/h2-4,17H,5-16H2,1H3. The van der Waals surface area contributed by atoms with E-state index in [4.69, 9.17) is 4.74 Å². The van der Waals surface area contributed by atoms with Crippen molar-refractivity contribution in [3.63, 3.8) is 0 Å². The van der Waals surface area contributed by atoms with E-state index in [0.717, 1.165) is 39.3 Å². The smallest absolute Gasteiger partial charge is 0.223 e.